The number of hydrogen-bond donors (Lipinski definition) is 2. The number of nitrogens with zero attached hydrogens (tertiary/aromatic N) is 4. The van der Waals surface area contributed by atoms with E-state index in [2.05, 4.69) is 49.5 Å². The van der Waals surface area contributed by atoms with Crippen molar-refractivity contribution in [1.82, 2.24) is 20.3 Å². The molecule has 0 saturated carbocycles. The highest BCUT2D eigenvalue weighted by atomic mass is 35.5. The lowest BCUT2D eigenvalue weighted by Gasteiger charge is -2.32. The summed E-state index contributed by atoms with van der Waals surface area (Å²) in [4.78, 5) is 27.6. The van der Waals surface area contributed by atoms with E-state index < -0.39 is 0 Å². The number of benzene rings is 1. The van der Waals surface area contributed by atoms with Gasteiger partial charge in [0.15, 0.2) is 0 Å². The molecule has 0 spiro atoms. The summed E-state index contributed by atoms with van der Waals surface area (Å²) < 4.78 is 0. The first-order valence-corrected chi connectivity index (χ1v) is 10.3. The topological polar surface area (TPSA) is 83.0 Å². The van der Waals surface area contributed by atoms with E-state index in [0.717, 1.165) is 37.4 Å². The molecule has 30 heavy (non-hydrogen) atoms. The van der Waals surface area contributed by atoms with Gasteiger partial charge >= 0.3 is 0 Å². The Morgan fingerprint density at radius 1 is 1.07 bits per heavy atom. The average Bonchev–Trinajstić information content (AvgIpc) is 2.76. The van der Waals surface area contributed by atoms with Crippen molar-refractivity contribution in [2.75, 3.05) is 23.3 Å². The lowest BCUT2D eigenvalue weighted by Crippen LogP contribution is -2.45. The Labute approximate surface area is 180 Å². The highest BCUT2D eigenvalue weighted by Crippen LogP contribution is 2.20. The predicted octanol–water partition coefficient (Wildman–Crippen LogP) is 3.98. The Bertz CT molecular complexity index is 1000. The summed E-state index contributed by atoms with van der Waals surface area (Å²) in [5.41, 5.74) is 2.72. The molecule has 0 bridgehead atoms. The number of aryl methyl sites for hydroxylation is 1. The van der Waals surface area contributed by atoms with E-state index in [4.69, 9.17) is 11.6 Å². The van der Waals surface area contributed by atoms with Gasteiger partial charge in [-0.05, 0) is 50.1 Å². The zero-order chi connectivity index (χ0) is 20.9. The molecule has 0 atom stereocenters. The lowest BCUT2D eigenvalue weighted by atomic mass is 10.0. The van der Waals surface area contributed by atoms with Gasteiger partial charge in [-0.3, -0.25) is 4.79 Å². The summed E-state index contributed by atoms with van der Waals surface area (Å²) in [5, 5.41) is 6.76. The van der Waals surface area contributed by atoms with Gasteiger partial charge in [-0.1, -0.05) is 29.3 Å². The molecule has 3 aromatic rings. The Morgan fingerprint density at radius 3 is 2.53 bits per heavy atom. The van der Waals surface area contributed by atoms with Crippen molar-refractivity contribution < 1.29 is 4.79 Å². The number of carbonyl (C=O) groups is 1. The quantitative estimate of drug-likeness (QED) is 0.605. The van der Waals surface area contributed by atoms with Gasteiger partial charge in [0.05, 0.1) is 5.56 Å². The van der Waals surface area contributed by atoms with Crippen LogP contribution in [0.5, 0.6) is 0 Å². The van der Waals surface area contributed by atoms with Gasteiger partial charge in [0.2, 0.25) is 5.95 Å². The van der Waals surface area contributed by atoms with Crippen molar-refractivity contribution in [2.24, 2.45) is 0 Å². The molecule has 1 aliphatic heterocycles. The number of halogens is 1. The highest BCUT2D eigenvalue weighted by Gasteiger charge is 2.23. The molecule has 1 fully saturated rings. The van der Waals surface area contributed by atoms with Crippen LogP contribution in [0.4, 0.5) is 17.5 Å². The van der Waals surface area contributed by atoms with Crippen LogP contribution in [0.1, 0.15) is 28.8 Å². The molecule has 2 aromatic heterocycles. The van der Waals surface area contributed by atoms with Crippen LogP contribution in [0.2, 0.25) is 5.15 Å². The smallest absolute Gasteiger partial charge is 0.253 e. The minimum atomic E-state index is -0.127. The normalized spacial score (nSPS) is 14.4. The van der Waals surface area contributed by atoms with Gasteiger partial charge < -0.3 is 15.5 Å². The van der Waals surface area contributed by atoms with Crippen molar-refractivity contribution in [2.45, 2.75) is 25.8 Å². The summed E-state index contributed by atoms with van der Waals surface area (Å²) in [7, 11) is 0. The maximum absolute atomic E-state index is 12.4. The van der Waals surface area contributed by atoms with Gasteiger partial charge in [-0.15, -0.1) is 0 Å². The van der Waals surface area contributed by atoms with Crippen LogP contribution in [0.3, 0.4) is 0 Å². The van der Waals surface area contributed by atoms with Gasteiger partial charge in [-0.2, -0.15) is 4.98 Å². The SMILES string of the molecule is Cc1ccc(Nc2ccnc(N3CCC(NC(=O)c4ccc(Cl)nc4)CC3)n2)cc1. The first-order chi connectivity index (χ1) is 14.6. The largest absolute Gasteiger partial charge is 0.349 e. The maximum Gasteiger partial charge on any atom is 0.253 e. The monoisotopic (exact) mass is 422 g/mol. The number of hydrogen-bond acceptors (Lipinski definition) is 6. The highest BCUT2D eigenvalue weighted by molar-refractivity contribution is 6.29. The zero-order valence-corrected chi connectivity index (χ0v) is 17.4. The van der Waals surface area contributed by atoms with Gasteiger partial charge in [-0.25, -0.2) is 9.97 Å². The second-order valence-electron chi connectivity index (χ2n) is 7.34. The molecule has 0 radical (unpaired) electrons. The Balaban J connectivity index is 1.33. The molecule has 0 unspecified atom stereocenters. The maximum atomic E-state index is 12.4. The van der Waals surface area contributed by atoms with E-state index in [1.54, 1.807) is 18.3 Å². The summed E-state index contributed by atoms with van der Waals surface area (Å²) in [5.74, 6) is 1.33. The minimum absolute atomic E-state index is 0.110. The molecular weight excluding hydrogens is 400 g/mol. The first-order valence-electron chi connectivity index (χ1n) is 9.91. The van der Waals surface area contributed by atoms with E-state index in [0.29, 0.717) is 16.7 Å². The van der Waals surface area contributed by atoms with Crippen LogP contribution < -0.4 is 15.5 Å². The molecule has 1 aromatic carbocycles. The van der Waals surface area contributed by atoms with Crippen LogP contribution in [0.15, 0.2) is 54.9 Å². The minimum Gasteiger partial charge on any atom is -0.349 e. The molecular formula is C22H23ClN6O. The molecule has 154 valence electrons. The van der Waals surface area contributed by atoms with Gasteiger partial charge in [0, 0.05) is 37.2 Å². The fraction of sp³-hybridized carbons (Fsp3) is 0.273. The van der Waals surface area contributed by atoms with Crippen molar-refractivity contribution in [3.05, 3.63) is 71.1 Å². The van der Waals surface area contributed by atoms with E-state index in [9.17, 15) is 4.79 Å². The fourth-order valence-corrected chi connectivity index (χ4v) is 3.47. The van der Waals surface area contributed by atoms with E-state index in [-0.39, 0.29) is 11.9 Å². The van der Waals surface area contributed by atoms with Crippen molar-refractivity contribution in [3.63, 3.8) is 0 Å². The standard InChI is InChI=1S/C22H23ClN6O/c1-15-2-5-17(6-3-15)26-20-8-11-24-22(28-20)29-12-9-18(10-13-29)27-21(30)16-4-7-19(23)25-14-16/h2-8,11,14,18H,9-10,12-13H2,1H3,(H,27,30)(H,24,26,28). The third kappa shape index (κ3) is 5.04. The second kappa shape index (κ2) is 9.09. The molecule has 0 aliphatic carbocycles. The average molecular weight is 423 g/mol. The number of piperidine rings is 1. The van der Waals surface area contributed by atoms with E-state index in [1.165, 1.54) is 11.8 Å². The summed E-state index contributed by atoms with van der Waals surface area (Å²) in [6, 6.07) is 13.4. The molecule has 7 nitrogen and oxygen atoms in total. The molecule has 1 amide bonds. The fourth-order valence-electron chi connectivity index (χ4n) is 3.36. The number of carbonyl (C=O) groups excluding carboxylic acids is 1. The van der Waals surface area contributed by atoms with E-state index in [1.807, 2.05) is 18.2 Å². The van der Waals surface area contributed by atoms with Crippen molar-refractivity contribution >= 4 is 35.0 Å². The number of anilines is 3. The predicted molar refractivity (Wildman–Crippen MR) is 118 cm³/mol. The molecule has 8 heteroatoms. The van der Waals surface area contributed by atoms with Crippen LogP contribution in [-0.4, -0.2) is 40.0 Å². The third-order valence-electron chi connectivity index (χ3n) is 5.07. The van der Waals surface area contributed by atoms with Crippen LogP contribution >= 0.6 is 11.6 Å². The van der Waals surface area contributed by atoms with E-state index >= 15 is 0 Å². The second-order valence-corrected chi connectivity index (χ2v) is 7.72. The molecule has 1 aliphatic rings. The zero-order valence-electron chi connectivity index (χ0n) is 16.7. The van der Waals surface area contributed by atoms with Crippen LogP contribution in [0.25, 0.3) is 0 Å². The summed E-state index contributed by atoms with van der Waals surface area (Å²) >= 11 is 5.78. The molecule has 1 saturated heterocycles. The lowest BCUT2D eigenvalue weighted by molar-refractivity contribution is 0.0930. The Morgan fingerprint density at radius 2 is 1.83 bits per heavy atom. The number of amides is 1. The van der Waals surface area contributed by atoms with Crippen molar-refractivity contribution in [3.8, 4) is 0 Å². The molecule has 3 heterocycles. The number of rotatable bonds is 5. The Hall–Kier alpha value is -3.19. The van der Waals surface area contributed by atoms with Crippen LogP contribution in [0, 0.1) is 6.92 Å². The molecule has 4 rings (SSSR count). The summed E-state index contributed by atoms with van der Waals surface area (Å²) in [6.45, 7) is 3.61. The first kappa shape index (κ1) is 20.1. The van der Waals surface area contributed by atoms with Gasteiger partial charge in [0.1, 0.15) is 11.0 Å². The number of nitrogens with one attached hydrogen (secondary N) is 2. The summed E-state index contributed by atoms with van der Waals surface area (Å²) in [6.07, 6.45) is 4.91. The number of aromatic nitrogens is 3. The molecule has 2 N–H and O–H groups in total. The van der Waals surface area contributed by atoms with Gasteiger partial charge in [0.25, 0.3) is 5.91 Å². The van der Waals surface area contributed by atoms with Crippen LogP contribution in [-0.2, 0) is 0 Å². The Kier molecular flexibility index (Phi) is 6.09. The van der Waals surface area contributed by atoms with Crippen molar-refractivity contribution in [1.29, 1.82) is 0 Å². The third-order valence-corrected chi connectivity index (χ3v) is 5.29. The number of pyridine rings is 1.